The molecule has 25 heavy (non-hydrogen) atoms. The summed E-state index contributed by atoms with van der Waals surface area (Å²) < 4.78 is 0. The number of halogens is 2. The van der Waals surface area contributed by atoms with Crippen LogP contribution in [0.1, 0.15) is 27.8 Å². The van der Waals surface area contributed by atoms with Crippen molar-refractivity contribution in [3.8, 4) is 24.3 Å². The highest BCUT2D eigenvalue weighted by atomic mass is 35.5. The van der Waals surface area contributed by atoms with Crippen LogP contribution >= 0.6 is 23.2 Å². The molecule has 0 amide bonds. The molecule has 0 aromatic heterocycles. The number of nitrogens with one attached hydrogen (secondary N) is 2. The molecule has 2 N–H and O–H groups in total. The molecule has 8 heteroatoms. The number of anilines is 2. The van der Waals surface area contributed by atoms with Gasteiger partial charge < -0.3 is 0 Å². The van der Waals surface area contributed by atoms with Crippen LogP contribution < -0.4 is 10.9 Å². The third-order valence-corrected chi connectivity index (χ3v) is 3.96. The number of aryl methyl sites for hydroxylation is 1. The van der Waals surface area contributed by atoms with Gasteiger partial charge >= 0.3 is 0 Å². The van der Waals surface area contributed by atoms with E-state index in [0.29, 0.717) is 0 Å². The van der Waals surface area contributed by atoms with Crippen molar-refractivity contribution < 1.29 is 0 Å². The first-order chi connectivity index (χ1) is 12.0. The molecule has 0 aliphatic heterocycles. The Hall–Kier alpha value is -3.42. The van der Waals surface area contributed by atoms with Crippen molar-refractivity contribution >= 4 is 34.6 Å². The molecule has 0 fully saturated rings. The van der Waals surface area contributed by atoms with Crippen LogP contribution in [0.3, 0.4) is 0 Å². The fourth-order valence-electron chi connectivity index (χ4n) is 2.15. The molecule has 0 saturated carbocycles. The SMILES string of the molecule is Cc1cc(C#N)c(NNc2c(C#N)cc(Cl)c(C#N)c2Cl)c(C#N)c1. The lowest BCUT2D eigenvalue weighted by Crippen LogP contribution is -2.13. The van der Waals surface area contributed by atoms with Crippen LogP contribution in [0.5, 0.6) is 0 Å². The molecule has 120 valence electrons. The van der Waals surface area contributed by atoms with E-state index < -0.39 is 0 Å². The van der Waals surface area contributed by atoms with Gasteiger partial charge in [-0.3, -0.25) is 10.9 Å². The van der Waals surface area contributed by atoms with Crippen molar-refractivity contribution in [3.63, 3.8) is 0 Å². The highest BCUT2D eigenvalue weighted by Crippen LogP contribution is 2.35. The van der Waals surface area contributed by atoms with Crippen LogP contribution in [0.25, 0.3) is 0 Å². The van der Waals surface area contributed by atoms with Gasteiger partial charge in [-0.2, -0.15) is 21.0 Å². The molecule has 0 aliphatic rings. The maximum Gasteiger partial charge on any atom is 0.102 e. The molecule has 6 nitrogen and oxygen atoms in total. The minimum atomic E-state index is -0.0387. The van der Waals surface area contributed by atoms with Crippen molar-refractivity contribution in [3.05, 3.63) is 56.1 Å². The molecule has 0 saturated heterocycles. The van der Waals surface area contributed by atoms with E-state index in [2.05, 4.69) is 10.9 Å². The van der Waals surface area contributed by atoms with E-state index in [1.54, 1.807) is 19.1 Å². The Morgan fingerprint density at radius 3 is 1.72 bits per heavy atom. The van der Waals surface area contributed by atoms with Gasteiger partial charge in [0, 0.05) is 0 Å². The minimum Gasteiger partial charge on any atom is -0.298 e. The third kappa shape index (κ3) is 3.42. The van der Waals surface area contributed by atoms with Crippen molar-refractivity contribution in [2.45, 2.75) is 6.92 Å². The van der Waals surface area contributed by atoms with Crippen molar-refractivity contribution in [1.29, 1.82) is 21.0 Å². The predicted molar refractivity (Wildman–Crippen MR) is 93.7 cm³/mol. The largest absolute Gasteiger partial charge is 0.298 e. The summed E-state index contributed by atoms with van der Waals surface area (Å²) in [5.41, 5.74) is 7.15. The van der Waals surface area contributed by atoms with E-state index in [0.717, 1.165) is 5.56 Å². The van der Waals surface area contributed by atoms with Gasteiger partial charge in [-0.15, -0.1) is 0 Å². The summed E-state index contributed by atoms with van der Waals surface area (Å²) >= 11 is 12.1. The Labute approximate surface area is 154 Å². The molecule has 0 atom stereocenters. The molecular formula is C17H8Cl2N6. The lowest BCUT2D eigenvalue weighted by molar-refractivity contribution is 1.32. The quantitative estimate of drug-likeness (QED) is 0.784. The summed E-state index contributed by atoms with van der Waals surface area (Å²) in [7, 11) is 0. The Morgan fingerprint density at radius 2 is 1.24 bits per heavy atom. The highest BCUT2D eigenvalue weighted by molar-refractivity contribution is 6.38. The van der Waals surface area contributed by atoms with E-state index in [1.807, 2.05) is 24.3 Å². The average molecular weight is 367 g/mol. The first-order valence-electron chi connectivity index (χ1n) is 6.75. The van der Waals surface area contributed by atoms with Gasteiger partial charge in [0.2, 0.25) is 0 Å². The van der Waals surface area contributed by atoms with Gasteiger partial charge in [0.1, 0.15) is 24.3 Å². The summed E-state index contributed by atoms with van der Waals surface area (Å²) in [5.74, 6) is 0. The second-order valence-corrected chi connectivity index (χ2v) is 5.69. The van der Waals surface area contributed by atoms with E-state index in [-0.39, 0.29) is 43.7 Å². The van der Waals surface area contributed by atoms with Crippen LogP contribution in [-0.2, 0) is 0 Å². The second-order valence-electron chi connectivity index (χ2n) is 4.90. The topological polar surface area (TPSA) is 119 Å². The van der Waals surface area contributed by atoms with Crippen molar-refractivity contribution in [1.82, 2.24) is 0 Å². The fraction of sp³-hybridized carbons (Fsp3) is 0.0588. The van der Waals surface area contributed by atoms with Crippen LogP contribution in [0, 0.1) is 52.2 Å². The molecular weight excluding hydrogens is 359 g/mol. The van der Waals surface area contributed by atoms with Crippen LogP contribution in [-0.4, -0.2) is 0 Å². The van der Waals surface area contributed by atoms with Crippen molar-refractivity contribution in [2.24, 2.45) is 0 Å². The first kappa shape index (κ1) is 17.9. The normalized spacial score (nSPS) is 9.24. The Bertz CT molecular complexity index is 997. The molecule has 2 aromatic rings. The zero-order chi connectivity index (χ0) is 18.6. The van der Waals surface area contributed by atoms with Gasteiger partial charge in [0.05, 0.1) is 43.7 Å². The second kappa shape index (κ2) is 7.43. The van der Waals surface area contributed by atoms with Gasteiger partial charge in [-0.05, 0) is 30.7 Å². The third-order valence-electron chi connectivity index (χ3n) is 3.29. The molecule has 0 spiro atoms. The average Bonchev–Trinajstić information content (AvgIpc) is 2.60. The number of benzene rings is 2. The summed E-state index contributed by atoms with van der Waals surface area (Å²) in [5, 5.41) is 36.9. The maximum atomic E-state index is 9.27. The van der Waals surface area contributed by atoms with Gasteiger partial charge in [0.15, 0.2) is 0 Å². The van der Waals surface area contributed by atoms with Crippen LogP contribution in [0.4, 0.5) is 11.4 Å². The Kier molecular flexibility index (Phi) is 5.33. The number of nitrogens with zero attached hydrogens (tertiary/aromatic N) is 4. The van der Waals surface area contributed by atoms with E-state index in [9.17, 15) is 15.8 Å². The molecule has 2 rings (SSSR count). The highest BCUT2D eigenvalue weighted by Gasteiger charge is 2.17. The zero-order valence-corrected chi connectivity index (χ0v) is 14.3. The number of nitriles is 4. The lowest BCUT2D eigenvalue weighted by atomic mass is 10.0. The van der Waals surface area contributed by atoms with Crippen LogP contribution in [0.15, 0.2) is 18.2 Å². The summed E-state index contributed by atoms with van der Waals surface area (Å²) in [6.45, 7) is 1.77. The van der Waals surface area contributed by atoms with E-state index in [1.165, 1.54) is 6.07 Å². The molecule has 0 bridgehead atoms. The monoisotopic (exact) mass is 366 g/mol. The molecule has 0 unspecified atom stereocenters. The predicted octanol–water partition coefficient (Wildman–Crippen LogP) is 4.23. The number of hydrogen-bond acceptors (Lipinski definition) is 6. The Balaban J connectivity index is 2.52. The Morgan fingerprint density at radius 1 is 0.760 bits per heavy atom. The summed E-state index contributed by atoms with van der Waals surface area (Å²) in [6.07, 6.45) is 0. The summed E-state index contributed by atoms with van der Waals surface area (Å²) in [6, 6.07) is 12.3. The maximum absolute atomic E-state index is 9.27. The number of rotatable bonds is 3. The zero-order valence-electron chi connectivity index (χ0n) is 12.8. The number of hydrogen-bond donors (Lipinski definition) is 2. The van der Waals surface area contributed by atoms with Crippen molar-refractivity contribution in [2.75, 3.05) is 10.9 Å². The molecule has 0 aliphatic carbocycles. The molecule has 0 heterocycles. The molecule has 2 aromatic carbocycles. The molecule has 0 radical (unpaired) electrons. The van der Waals surface area contributed by atoms with Gasteiger partial charge in [0.25, 0.3) is 0 Å². The van der Waals surface area contributed by atoms with E-state index >= 15 is 0 Å². The summed E-state index contributed by atoms with van der Waals surface area (Å²) in [4.78, 5) is 0. The van der Waals surface area contributed by atoms with Gasteiger partial charge in [-0.25, -0.2) is 0 Å². The van der Waals surface area contributed by atoms with Gasteiger partial charge in [-0.1, -0.05) is 23.2 Å². The smallest absolute Gasteiger partial charge is 0.102 e. The van der Waals surface area contributed by atoms with E-state index in [4.69, 9.17) is 28.5 Å². The number of hydrazine groups is 1. The standard InChI is InChI=1S/C17H8Cl2N6/c1-9-2-10(5-20)16(11(3-9)6-21)24-25-17-12(7-22)4-14(18)13(8-23)15(17)19/h2-4,24-25H,1H3. The fourth-order valence-corrected chi connectivity index (χ4v) is 2.74. The minimum absolute atomic E-state index is 0.0107. The first-order valence-corrected chi connectivity index (χ1v) is 7.51. The lowest BCUT2D eigenvalue weighted by Gasteiger charge is -2.16. The van der Waals surface area contributed by atoms with Crippen LogP contribution in [0.2, 0.25) is 10.0 Å².